The number of nitrogens with one attached hydrogen (secondary N) is 3. The molecule has 62 heavy (non-hydrogen) atoms. The predicted octanol–water partition coefficient (Wildman–Crippen LogP) is 7.35. The number of ether oxygens (including phenoxy) is 1. The Kier molecular flexibility index (Phi) is 13.7. The quantitative estimate of drug-likeness (QED) is 0.0479. The number of nitrogens with two attached hydrogens (primary N) is 1. The Morgan fingerprint density at radius 2 is 1.61 bits per heavy atom. The van der Waals surface area contributed by atoms with Crippen LogP contribution in [0.15, 0.2) is 66.9 Å². The number of nitrogens with zero attached hydrogens (tertiary/aromatic N) is 2. The van der Waals surface area contributed by atoms with Gasteiger partial charge >= 0.3 is 0 Å². The third kappa shape index (κ3) is 10.2. The predicted molar refractivity (Wildman–Crippen MR) is 233 cm³/mol. The molecule has 4 aromatic rings. The van der Waals surface area contributed by atoms with E-state index < -0.39 is 41.5 Å². The number of carbonyl (C=O) groups is 6. The van der Waals surface area contributed by atoms with E-state index in [0.29, 0.717) is 44.3 Å². The number of imide groups is 2. The van der Waals surface area contributed by atoms with E-state index in [1.165, 1.54) is 18.2 Å². The van der Waals surface area contributed by atoms with E-state index in [1.807, 2.05) is 48.7 Å². The average Bonchev–Trinajstić information content (AvgIpc) is 3.68. The zero-order valence-electron chi connectivity index (χ0n) is 34.3. The van der Waals surface area contributed by atoms with Gasteiger partial charge in [-0.05, 0) is 74.4 Å². The maximum atomic E-state index is 14.1. The highest BCUT2D eigenvalue weighted by atomic mass is 32.1. The lowest BCUT2D eigenvalue weighted by atomic mass is 9.92. The molecule has 5 N–H and O–H groups in total. The normalized spacial score (nSPS) is 17.7. The SMILES string of the molecule is NC(=S)c1cccc(-c2cn(C3CCC(F)(F)CC3)c3cc(NC(=O)CCCCCCCCNC(=O)COc4cccc5c4C(=O)N(C4CCCC(=O)NC4=O)C5=O)ccc23)c1. The number of carbonyl (C=O) groups excluding carboxylic acids is 6. The Hall–Kier alpha value is -6.03. The summed E-state index contributed by atoms with van der Waals surface area (Å²) in [6.45, 7) is 0.0517. The van der Waals surface area contributed by atoms with Gasteiger partial charge in [0.1, 0.15) is 16.8 Å². The third-order valence-corrected chi connectivity index (χ3v) is 12.1. The van der Waals surface area contributed by atoms with E-state index in [0.717, 1.165) is 64.6 Å². The highest BCUT2D eigenvalue weighted by Gasteiger charge is 2.45. The van der Waals surface area contributed by atoms with Crippen LogP contribution in [0.5, 0.6) is 5.75 Å². The molecule has 3 heterocycles. The van der Waals surface area contributed by atoms with Crippen LogP contribution in [0.1, 0.15) is 122 Å². The van der Waals surface area contributed by atoms with Gasteiger partial charge < -0.3 is 25.7 Å². The number of unbranched alkanes of at least 4 members (excludes halogenated alkanes) is 5. The maximum absolute atomic E-state index is 14.1. The molecule has 1 aliphatic carbocycles. The fourth-order valence-electron chi connectivity index (χ4n) is 8.56. The molecule has 2 fully saturated rings. The number of aromatic nitrogens is 1. The minimum atomic E-state index is -2.66. The summed E-state index contributed by atoms with van der Waals surface area (Å²) in [5.41, 5.74) is 10.1. The number of hydrogen-bond donors (Lipinski definition) is 4. The number of anilines is 1. The van der Waals surface area contributed by atoms with Crippen LogP contribution >= 0.6 is 12.2 Å². The number of thiocarbonyl (C=S) groups is 1. The standard InChI is InChI=1S/C46H50F2N6O7S/c47-46(48)21-19-31(20-22-46)53-26-34(28-10-7-11-29(24-28)42(49)62)32-18-17-30(25-36(32)53)51-38(55)15-5-3-1-2-4-6-23-50-40(57)27-61-37-14-8-12-33-41(37)45(60)54(44(33)59)35-13-9-16-39(56)52-43(35)58/h7-8,10-12,14,17-18,24-26,31,35H,1-6,9,13,15-16,19-23,27H2,(H2,49,62)(H,50,57)(H,51,55)(H,52,56,58). The first kappa shape index (κ1) is 44.0. The molecule has 1 saturated carbocycles. The molecule has 7 rings (SSSR count). The van der Waals surface area contributed by atoms with Gasteiger partial charge in [0.25, 0.3) is 17.7 Å². The zero-order chi connectivity index (χ0) is 44.0. The number of hydrogen-bond acceptors (Lipinski definition) is 8. The molecular weight excluding hydrogens is 819 g/mol. The van der Waals surface area contributed by atoms with Gasteiger partial charge in [0, 0.05) is 66.7 Å². The van der Waals surface area contributed by atoms with Gasteiger partial charge in [-0.3, -0.25) is 39.0 Å². The van der Waals surface area contributed by atoms with Gasteiger partial charge in [-0.2, -0.15) is 0 Å². The molecular formula is C46H50F2N6O7S. The number of benzene rings is 3. The summed E-state index contributed by atoms with van der Waals surface area (Å²) >= 11 is 5.20. The van der Waals surface area contributed by atoms with E-state index in [2.05, 4.69) is 20.5 Å². The maximum Gasteiger partial charge on any atom is 0.266 e. The van der Waals surface area contributed by atoms with E-state index in [4.69, 9.17) is 22.7 Å². The second-order valence-corrected chi connectivity index (χ2v) is 16.7. The molecule has 1 saturated heterocycles. The van der Waals surface area contributed by atoms with E-state index in [1.54, 1.807) is 0 Å². The van der Waals surface area contributed by atoms with E-state index in [9.17, 15) is 37.5 Å². The Bertz CT molecular complexity index is 2410. The first-order valence-corrected chi connectivity index (χ1v) is 21.7. The Morgan fingerprint density at radius 3 is 2.39 bits per heavy atom. The third-order valence-electron chi connectivity index (χ3n) is 11.8. The molecule has 3 aromatic carbocycles. The van der Waals surface area contributed by atoms with Crippen molar-refractivity contribution in [1.82, 2.24) is 20.1 Å². The monoisotopic (exact) mass is 868 g/mol. The van der Waals surface area contributed by atoms with Crippen molar-refractivity contribution < 1.29 is 42.3 Å². The van der Waals surface area contributed by atoms with Crippen LogP contribution in [-0.4, -0.2) is 75.0 Å². The molecule has 0 bridgehead atoms. The molecule has 0 spiro atoms. The minimum absolute atomic E-state index is 0.0157. The summed E-state index contributed by atoms with van der Waals surface area (Å²) in [4.78, 5) is 77.6. The molecule has 3 aliphatic rings. The van der Waals surface area contributed by atoms with Crippen LogP contribution in [0, 0.1) is 0 Å². The van der Waals surface area contributed by atoms with Gasteiger partial charge in [0.05, 0.1) is 16.6 Å². The van der Waals surface area contributed by atoms with Crippen molar-refractivity contribution in [1.29, 1.82) is 0 Å². The molecule has 2 aliphatic heterocycles. The van der Waals surface area contributed by atoms with Crippen molar-refractivity contribution in [2.75, 3.05) is 18.5 Å². The molecule has 1 atom stereocenters. The van der Waals surface area contributed by atoms with E-state index in [-0.39, 0.29) is 66.1 Å². The first-order chi connectivity index (χ1) is 29.8. The van der Waals surface area contributed by atoms with Crippen LogP contribution in [-0.2, 0) is 19.2 Å². The summed E-state index contributed by atoms with van der Waals surface area (Å²) < 4.78 is 36.0. The molecule has 6 amide bonds. The zero-order valence-corrected chi connectivity index (χ0v) is 35.1. The van der Waals surface area contributed by atoms with Crippen molar-refractivity contribution in [3.8, 4) is 16.9 Å². The topological polar surface area (TPSA) is 182 Å². The van der Waals surface area contributed by atoms with Crippen molar-refractivity contribution in [3.63, 3.8) is 0 Å². The van der Waals surface area contributed by atoms with Crippen LogP contribution in [0.3, 0.4) is 0 Å². The number of amides is 6. The van der Waals surface area contributed by atoms with Gasteiger partial charge in [0.2, 0.25) is 23.6 Å². The van der Waals surface area contributed by atoms with Gasteiger partial charge in [-0.15, -0.1) is 0 Å². The van der Waals surface area contributed by atoms with Gasteiger partial charge in [-0.1, -0.05) is 68.2 Å². The number of alkyl halides is 2. The fraction of sp³-hybridized carbons (Fsp3) is 0.413. The minimum Gasteiger partial charge on any atom is -0.483 e. The number of rotatable bonds is 17. The highest BCUT2D eigenvalue weighted by Crippen LogP contribution is 2.42. The lowest BCUT2D eigenvalue weighted by molar-refractivity contribution is -0.131. The van der Waals surface area contributed by atoms with Crippen molar-refractivity contribution in [2.24, 2.45) is 5.73 Å². The van der Waals surface area contributed by atoms with Gasteiger partial charge in [0.15, 0.2) is 6.61 Å². The fourth-order valence-corrected chi connectivity index (χ4v) is 8.69. The highest BCUT2D eigenvalue weighted by molar-refractivity contribution is 7.80. The van der Waals surface area contributed by atoms with Crippen LogP contribution < -0.4 is 26.4 Å². The molecule has 1 unspecified atom stereocenters. The molecule has 16 heteroatoms. The first-order valence-electron chi connectivity index (χ1n) is 21.3. The second-order valence-electron chi connectivity index (χ2n) is 16.3. The summed E-state index contributed by atoms with van der Waals surface area (Å²) in [6, 6.07) is 16.7. The summed E-state index contributed by atoms with van der Waals surface area (Å²) in [5, 5.41) is 8.99. The molecule has 326 valence electrons. The lowest BCUT2D eigenvalue weighted by Gasteiger charge is -2.29. The smallest absolute Gasteiger partial charge is 0.266 e. The number of fused-ring (bicyclic) bond motifs is 2. The van der Waals surface area contributed by atoms with E-state index >= 15 is 0 Å². The summed E-state index contributed by atoms with van der Waals surface area (Å²) in [5.74, 6) is -5.60. The molecule has 1 aromatic heterocycles. The van der Waals surface area contributed by atoms with Crippen LogP contribution in [0.4, 0.5) is 14.5 Å². The molecule has 13 nitrogen and oxygen atoms in total. The second kappa shape index (κ2) is 19.3. The Labute approximate surface area is 363 Å². The lowest BCUT2D eigenvalue weighted by Crippen LogP contribution is -2.49. The van der Waals surface area contributed by atoms with Crippen LogP contribution in [0.2, 0.25) is 0 Å². The average molecular weight is 869 g/mol. The van der Waals surface area contributed by atoms with Crippen molar-refractivity contribution >= 4 is 69.2 Å². The van der Waals surface area contributed by atoms with Crippen molar-refractivity contribution in [2.45, 2.75) is 108 Å². The molecule has 0 radical (unpaired) electrons. The van der Waals surface area contributed by atoms with Crippen LogP contribution in [0.25, 0.3) is 22.0 Å². The largest absolute Gasteiger partial charge is 0.483 e. The Morgan fingerprint density at radius 1 is 0.871 bits per heavy atom. The summed E-state index contributed by atoms with van der Waals surface area (Å²) in [7, 11) is 0. The Balaban J connectivity index is 0.824. The number of halogens is 2. The summed E-state index contributed by atoms with van der Waals surface area (Å²) in [6.07, 6.45) is 8.39. The van der Waals surface area contributed by atoms with Crippen molar-refractivity contribution in [3.05, 3.63) is 83.6 Å². The van der Waals surface area contributed by atoms with Gasteiger partial charge in [-0.25, -0.2) is 8.78 Å².